The molecule has 1 atom stereocenters. The van der Waals surface area contributed by atoms with Gasteiger partial charge in [0.15, 0.2) is 0 Å². The molecule has 2 aliphatic rings. The standard InChI is InChI=1S/C22H32N4O/c1-3-4-13-25-17-22(11-9-21(25)27)10-7-12-24(16-22)15-19-18(2)23-20-8-5-6-14-26(19)20/h5-6,8,14H,3-4,7,9-13,15-17H2,1-2H3/t22-/m1/s1. The van der Waals surface area contributed by atoms with E-state index in [9.17, 15) is 4.79 Å². The largest absolute Gasteiger partial charge is 0.342 e. The van der Waals surface area contributed by atoms with Crippen LogP contribution in [0.25, 0.3) is 5.65 Å². The highest BCUT2D eigenvalue weighted by Crippen LogP contribution is 2.39. The molecule has 5 nitrogen and oxygen atoms in total. The number of hydrogen-bond donors (Lipinski definition) is 0. The van der Waals surface area contributed by atoms with Crippen LogP contribution in [0.15, 0.2) is 24.4 Å². The van der Waals surface area contributed by atoms with Crippen molar-refractivity contribution in [2.45, 2.75) is 58.9 Å². The average Bonchev–Trinajstić information content (AvgIpc) is 2.98. The molecule has 5 heteroatoms. The average molecular weight is 369 g/mol. The van der Waals surface area contributed by atoms with Crippen LogP contribution in [-0.4, -0.2) is 51.3 Å². The molecule has 0 unspecified atom stereocenters. The number of carbonyl (C=O) groups is 1. The Morgan fingerprint density at radius 3 is 2.96 bits per heavy atom. The number of piperidine rings is 2. The van der Waals surface area contributed by atoms with Gasteiger partial charge in [-0.1, -0.05) is 19.4 Å². The number of carbonyl (C=O) groups excluding carboxylic acids is 1. The predicted molar refractivity (Wildman–Crippen MR) is 108 cm³/mol. The summed E-state index contributed by atoms with van der Waals surface area (Å²) in [6.45, 7) is 9.39. The van der Waals surface area contributed by atoms with E-state index in [2.05, 4.69) is 46.4 Å². The maximum absolute atomic E-state index is 12.4. The molecule has 146 valence electrons. The van der Waals surface area contributed by atoms with Gasteiger partial charge in [-0.3, -0.25) is 9.69 Å². The molecular weight excluding hydrogens is 336 g/mol. The number of likely N-dealkylation sites (tertiary alicyclic amines) is 2. The van der Waals surface area contributed by atoms with E-state index in [4.69, 9.17) is 4.98 Å². The fraction of sp³-hybridized carbons (Fsp3) is 0.636. The van der Waals surface area contributed by atoms with Crippen molar-refractivity contribution in [2.24, 2.45) is 5.41 Å². The van der Waals surface area contributed by atoms with Crippen molar-refractivity contribution in [1.82, 2.24) is 19.2 Å². The Bertz CT molecular complexity index is 814. The highest BCUT2D eigenvalue weighted by molar-refractivity contribution is 5.77. The molecular formula is C22H32N4O. The number of aryl methyl sites for hydroxylation is 1. The van der Waals surface area contributed by atoms with E-state index >= 15 is 0 Å². The highest BCUT2D eigenvalue weighted by atomic mass is 16.2. The van der Waals surface area contributed by atoms with Crippen LogP contribution < -0.4 is 0 Å². The van der Waals surface area contributed by atoms with Gasteiger partial charge in [0, 0.05) is 44.2 Å². The summed E-state index contributed by atoms with van der Waals surface area (Å²) in [4.78, 5) is 21.8. The lowest BCUT2D eigenvalue weighted by molar-refractivity contribution is -0.139. The second-order valence-corrected chi connectivity index (χ2v) is 8.56. The van der Waals surface area contributed by atoms with Gasteiger partial charge in [-0.05, 0) is 51.3 Å². The molecule has 2 aromatic rings. The highest BCUT2D eigenvalue weighted by Gasteiger charge is 2.41. The number of pyridine rings is 1. The van der Waals surface area contributed by atoms with E-state index in [0.717, 1.165) is 69.7 Å². The quantitative estimate of drug-likeness (QED) is 0.809. The number of rotatable bonds is 5. The normalized spacial score (nSPS) is 24.2. The van der Waals surface area contributed by atoms with Gasteiger partial charge in [-0.25, -0.2) is 4.98 Å². The van der Waals surface area contributed by atoms with Crippen molar-refractivity contribution in [2.75, 3.05) is 26.2 Å². The second-order valence-electron chi connectivity index (χ2n) is 8.56. The van der Waals surface area contributed by atoms with E-state index in [1.807, 2.05) is 6.07 Å². The number of amides is 1. The third kappa shape index (κ3) is 3.75. The maximum Gasteiger partial charge on any atom is 0.222 e. The number of hydrogen-bond acceptors (Lipinski definition) is 3. The van der Waals surface area contributed by atoms with E-state index in [1.54, 1.807) is 0 Å². The molecule has 1 amide bonds. The molecule has 2 fully saturated rings. The van der Waals surface area contributed by atoms with Crippen molar-refractivity contribution in [3.8, 4) is 0 Å². The Balaban J connectivity index is 1.49. The van der Waals surface area contributed by atoms with Crippen molar-refractivity contribution in [1.29, 1.82) is 0 Å². The first kappa shape index (κ1) is 18.5. The molecule has 2 aliphatic heterocycles. The van der Waals surface area contributed by atoms with Gasteiger partial charge >= 0.3 is 0 Å². The Morgan fingerprint density at radius 1 is 1.22 bits per heavy atom. The van der Waals surface area contributed by atoms with Gasteiger partial charge in [0.1, 0.15) is 5.65 Å². The van der Waals surface area contributed by atoms with Gasteiger partial charge in [0.25, 0.3) is 0 Å². The van der Waals surface area contributed by atoms with Crippen LogP contribution in [-0.2, 0) is 11.3 Å². The first-order chi connectivity index (χ1) is 13.1. The molecule has 4 rings (SSSR count). The zero-order valence-electron chi connectivity index (χ0n) is 16.8. The molecule has 0 N–H and O–H groups in total. The molecule has 4 heterocycles. The van der Waals surface area contributed by atoms with Crippen LogP contribution in [0, 0.1) is 12.3 Å². The number of unbranched alkanes of at least 4 members (excludes halogenated alkanes) is 1. The Kier molecular flexibility index (Phi) is 5.22. The van der Waals surface area contributed by atoms with E-state index < -0.39 is 0 Å². The first-order valence-electron chi connectivity index (χ1n) is 10.5. The van der Waals surface area contributed by atoms with Gasteiger partial charge < -0.3 is 9.30 Å². The molecule has 0 bridgehead atoms. The smallest absolute Gasteiger partial charge is 0.222 e. The van der Waals surface area contributed by atoms with Crippen LogP contribution in [0.3, 0.4) is 0 Å². The van der Waals surface area contributed by atoms with Crippen LogP contribution >= 0.6 is 0 Å². The lowest BCUT2D eigenvalue weighted by atomic mass is 9.73. The van der Waals surface area contributed by atoms with Crippen molar-refractivity contribution >= 4 is 11.6 Å². The van der Waals surface area contributed by atoms with E-state index in [0.29, 0.717) is 5.91 Å². The molecule has 27 heavy (non-hydrogen) atoms. The monoisotopic (exact) mass is 368 g/mol. The molecule has 2 aromatic heterocycles. The van der Waals surface area contributed by atoms with E-state index in [1.165, 1.54) is 18.5 Å². The van der Waals surface area contributed by atoms with Gasteiger partial charge in [0.05, 0.1) is 11.4 Å². The van der Waals surface area contributed by atoms with Crippen LogP contribution in [0.5, 0.6) is 0 Å². The van der Waals surface area contributed by atoms with Gasteiger partial charge in [-0.15, -0.1) is 0 Å². The van der Waals surface area contributed by atoms with Crippen LogP contribution in [0.2, 0.25) is 0 Å². The predicted octanol–water partition coefficient (Wildman–Crippen LogP) is 3.65. The summed E-state index contributed by atoms with van der Waals surface area (Å²) in [7, 11) is 0. The number of fused-ring (bicyclic) bond motifs is 1. The van der Waals surface area contributed by atoms with Gasteiger partial charge in [0.2, 0.25) is 5.91 Å². The molecule has 0 radical (unpaired) electrons. The summed E-state index contributed by atoms with van der Waals surface area (Å²) in [5, 5.41) is 0. The fourth-order valence-electron chi connectivity index (χ4n) is 5.00. The SMILES string of the molecule is CCCCN1C[C@]2(CCCN(Cc3c(C)nc4ccccn34)C2)CCC1=O. The number of imidazole rings is 1. The molecule has 2 saturated heterocycles. The summed E-state index contributed by atoms with van der Waals surface area (Å²) >= 11 is 0. The minimum atomic E-state index is 0.286. The third-order valence-electron chi connectivity index (χ3n) is 6.47. The second kappa shape index (κ2) is 7.63. The summed E-state index contributed by atoms with van der Waals surface area (Å²) in [6.07, 6.45) is 8.65. The summed E-state index contributed by atoms with van der Waals surface area (Å²) < 4.78 is 2.23. The summed E-state index contributed by atoms with van der Waals surface area (Å²) in [5.41, 5.74) is 3.75. The molecule has 0 saturated carbocycles. The molecule has 0 aliphatic carbocycles. The topological polar surface area (TPSA) is 40.9 Å². The van der Waals surface area contributed by atoms with E-state index in [-0.39, 0.29) is 5.41 Å². The van der Waals surface area contributed by atoms with Crippen LogP contribution in [0.1, 0.15) is 56.8 Å². The zero-order chi connectivity index (χ0) is 18.9. The Morgan fingerprint density at radius 2 is 2.11 bits per heavy atom. The number of aromatic nitrogens is 2. The Labute approximate surface area is 162 Å². The van der Waals surface area contributed by atoms with Crippen molar-refractivity contribution in [3.05, 3.63) is 35.8 Å². The lowest BCUT2D eigenvalue weighted by Gasteiger charge is -2.48. The lowest BCUT2D eigenvalue weighted by Crippen LogP contribution is -2.54. The fourth-order valence-corrected chi connectivity index (χ4v) is 5.00. The van der Waals surface area contributed by atoms with Crippen molar-refractivity contribution < 1.29 is 4.79 Å². The zero-order valence-corrected chi connectivity index (χ0v) is 16.8. The van der Waals surface area contributed by atoms with Crippen LogP contribution in [0.4, 0.5) is 0 Å². The maximum atomic E-state index is 12.4. The minimum Gasteiger partial charge on any atom is -0.342 e. The number of nitrogens with zero attached hydrogens (tertiary/aromatic N) is 4. The molecule has 1 spiro atoms. The minimum absolute atomic E-state index is 0.286. The summed E-state index contributed by atoms with van der Waals surface area (Å²) in [5.74, 6) is 0.365. The summed E-state index contributed by atoms with van der Waals surface area (Å²) in [6, 6.07) is 6.20. The first-order valence-corrected chi connectivity index (χ1v) is 10.5. The Hall–Kier alpha value is -1.88. The third-order valence-corrected chi connectivity index (χ3v) is 6.47. The van der Waals surface area contributed by atoms with Gasteiger partial charge in [-0.2, -0.15) is 0 Å². The van der Waals surface area contributed by atoms with Crippen molar-refractivity contribution in [3.63, 3.8) is 0 Å². The molecule has 0 aromatic carbocycles.